The van der Waals surface area contributed by atoms with Crippen molar-refractivity contribution in [2.24, 2.45) is 5.41 Å². The third-order valence-corrected chi connectivity index (χ3v) is 5.41. The molecule has 1 aromatic rings. The fraction of sp³-hybridized carbons (Fsp3) is 0.647. The fourth-order valence-corrected chi connectivity index (χ4v) is 4.12. The minimum Gasteiger partial charge on any atom is -0.313 e. The molecule has 0 atom stereocenters. The van der Waals surface area contributed by atoms with Gasteiger partial charge in [-0.05, 0) is 62.0 Å². The van der Waals surface area contributed by atoms with Crippen LogP contribution in [0.15, 0.2) is 24.3 Å². The molecule has 0 aliphatic heterocycles. The number of hydrogen-bond acceptors (Lipinski definition) is 1. The van der Waals surface area contributed by atoms with E-state index in [1.165, 1.54) is 50.6 Å². The van der Waals surface area contributed by atoms with Crippen molar-refractivity contribution in [3.8, 4) is 0 Å². The molecule has 0 unspecified atom stereocenters. The van der Waals surface area contributed by atoms with Gasteiger partial charge >= 0.3 is 0 Å². The average Bonchev–Trinajstić information content (AvgIpc) is 3.20. The molecule has 1 N–H and O–H groups in total. The lowest BCUT2D eigenvalue weighted by Gasteiger charge is -2.50. The van der Waals surface area contributed by atoms with E-state index >= 15 is 0 Å². The lowest BCUT2D eigenvalue weighted by molar-refractivity contribution is 0.115. The first-order chi connectivity index (χ1) is 8.72. The normalized spacial score (nSPS) is 26.9. The highest BCUT2D eigenvalue weighted by atomic mass is 15.0. The predicted octanol–water partition coefficient (Wildman–Crippen LogP) is 3.56. The van der Waals surface area contributed by atoms with Crippen LogP contribution in [0.1, 0.15) is 49.7 Å². The van der Waals surface area contributed by atoms with Crippen LogP contribution in [0.4, 0.5) is 0 Å². The van der Waals surface area contributed by atoms with Gasteiger partial charge in [0.05, 0.1) is 0 Å². The molecule has 0 radical (unpaired) electrons. The van der Waals surface area contributed by atoms with E-state index in [0.717, 1.165) is 11.5 Å². The topological polar surface area (TPSA) is 12.0 Å². The molecular weight excluding hydrogens is 218 g/mol. The van der Waals surface area contributed by atoms with E-state index in [2.05, 4.69) is 36.5 Å². The summed E-state index contributed by atoms with van der Waals surface area (Å²) < 4.78 is 0. The Kier molecular flexibility index (Phi) is 2.21. The first kappa shape index (κ1) is 11.0. The Bertz CT molecular complexity index is 460. The Labute approximate surface area is 110 Å². The molecule has 3 saturated carbocycles. The van der Waals surface area contributed by atoms with Crippen LogP contribution in [0.5, 0.6) is 0 Å². The molecule has 1 spiro atoms. The monoisotopic (exact) mass is 241 g/mol. The van der Waals surface area contributed by atoms with Gasteiger partial charge in [-0.3, -0.25) is 0 Å². The predicted molar refractivity (Wildman–Crippen MR) is 74.8 cm³/mol. The van der Waals surface area contributed by atoms with E-state index < -0.39 is 0 Å². The number of hydrogen-bond donors (Lipinski definition) is 1. The van der Waals surface area contributed by atoms with Crippen LogP contribution in [-0.2, 0) is 5.41 Å². The summed E-state index contributed by atoms with van der Waals surface area (Å²) >= 11 is 0. The summed E-state index contributed by atoms with van der Waals surface area (Å²) in [6, 6.07) is 9.89. The highest BCUT2D eigenvalue weighted by molar-refractivity contribution is 5.39. The number of aryl methyl sites for hydroxylation is 1. The van der Waals surface area contributed by atoms with Crippen LogP contribution in [-0.4, -0.2) is 12.6 Å². The molecule has 3 aliphatic carbocycles. The van der Waals surface area contributed by atoms with Crippen LogP contribution in [0.25, 0.3) is 0 Å². The van der Waals surface area contributed by atoms with Gasteiger partial charge < -0.3 is 5.32 Å². The average molecular weight is 241 g/mol. The van der Waals surface area contributed by atoms with E-state index in [1.54, 1.807) is 5.56 Å². The molecular formula is C17H23N. The maximum atomic E-state index is 3.79. The Hall–Kier alpha value is -0.820. The molecule has 0 bridgehead atoms. The summed E-state index contributed by atoms with van der Waals surface area (Å²) in [5, 5.41) is 3.79. The fourth-order valence-electron chi connectivity index (χ4n) is 4.12. The first-order valence-corrected chi connectivity index (χ1v) is 7.51. The van der Waals surface area contributed by atoms with Gasteiger partial charge in [-0.25, -0.2) is 0 Å². The van der Waals surface area contributed by atoms with Crippen molar-refractivity contribution >= 4 is 0 Å². The summed E-state index contributed by atoms with van der Waals surface area (Å²) in [5.74, 6) is 0. The SMILES string of the molecule is Cc1ccccc1C1(CNC2CC2)CC2(CC2)C1. The van der Waals surface area contributed by atoms with Gasteiger partial charge in [0.15, 0.2) is 0 Å². The van der Waals surface area contributed by atoms with Crippen LogP contribution in [0.2, 0.25) is 0 Å². The molecule has 18 heavy (non-hydrogen) atoms. The smallest absolute Gasteiger partial charge is 0.00910 e. The van der Waals surface area contributed by atoms with Crippen molar-refractivity contribution in [1.82, 2.24) is 5.32 Å². The molecule has 3 aliphatic rings. The second-order valence-corrected chi connectivity index (χ2v) is 7.10. The maximum absolute atomic E-state index is 3.79. The van der Waals surface area contributed by atoms with Gasteiger partial charge in [0.25, 0.3) is 0 Å². The van der Waals surface area contributed by atoms with Gasteiger partial charge in [0, 0.05) is 18.0 Å². The van der Waals surface area contributed by atoms with Crippen LogP contribution >= 0.6 is 0 Å². The summed E-state index contributed by atoms with van der Waals surface area (Å²) in [7, 11) is 0. The molecule has 1 heteroatoms. The second-order valence-electron chi connectivity index (χ2n) is 7.10. The van der Waals surface area contributed by atoms with Gasteiger partial charge in [-0.1, -0.05) is 24.3 Å². The van der Waals surface area contributed by atoms with Crippen molar-refractivity contribution < 1.29 is 0 Å². The van der Waals surface area contributed by atoms with E-state index in [1.807, 2.05) is 0 Å². The minimum absolute atomic E-state index is 0.463. The molecule has 1 aromatic carbocycles. The molecule has 3 fully saturated rings. The number of rotatable bonds is 4. The van der Waals surface area contributed by atoms with Crippen LogP contribution < -0.4 is 5.32 Å². The van der Waals surface area contributed by atoms with Gasteiger partial charge in [-0.2, -0.15) is 0 Å². The maximum Gasteiger partial charge on any atom is 0.00910 e. The molecule has 0 saturated heterocycles. The quantitative estimate of drug-likeness (QED) is 0.850. The largest absolute Gasteiger partial charge is 0.313 e. The van der Waals surface area contributed by atoms with Crippen molar-refractivity contribution in [3.05, 3.63) is 35.4 Å². The number of nitrogens with one attached hydrogen (secondary N) is 1. The zero-order chi connectivity index (χ0) is 12.2. The van der Waals surface area contributed by atoms with E-state index in [-0.39, 0.29) is 0 Å². The van der Waals surface area contributed by atoms with Crippen molar-refractivity contribution in [3.63, 3.8) is 0 Å². The number of benzene rings is 1. The molecule has 0 amide bonds. The molecule has 0 heterocycles. The summed E-state index contributed by atoms with van der Waals surface area (Å²) in [6.07, 6.45) is 8.65. The van der Waals surface area contributed by atoms with Crippen molar-refractivity contribution in [1.29, 1.82) is 0 Å². The molecule has 4 rings (SSSR count). The second kappa shape index (κ2) is 3.60. The molecule has 96 valence electrons. The third-order valence-electron chi connectivity index (χ3n) is 5.41. The van der Waals surface area contributed by atoms with Crippen LogP contribution in [0, 0.1) is 12.3 Å². The Morgan fingerprint density at radius 3 is 2.50 bits per heavy atom. The zero-order valence-electron chi connectivity index (χ0n) is 11.3. The van der Waals surface area contributed by atoms with E-state index in [9.17, 15) is 0 Å². The van der Waals surface area contributed by atoms with Crippen molar-refractivity contribution in [2.75, 3.05) is 6.54 Å². The zero-order valence-corrected chi connectivity index (χ0v) is 11.3. The molecule has 1 nitrogen and oxygen atoms in total. The van der Waals surface area contributed by atoms with Gasteiger partial charge in [-0.15, -0.1) is 0 Å². The lowest BCUT2D eigenvalue weighted by atomic mass is 9.55. The highest BCUT2D eigenvalue weighted by Crippen LogP contribution is 2.69. The van der Waals surface area contributed by atoms with E-state index in [0.29, 0.717) is 5.41 Å². The Morgan fingerprint density at radius 2 is 1.89 bits per heavy atom. The van der Waals surface area contributed by atoms with Gasteiger partial charge in [0.1, 0.15) is 0 Å². The standard InChI is InChI=1S/C17H23N/c1-13-4-2-3-5-15(13)17(12-18-14-6-7-14)10-16(11-17)8-9-16/h2-5,14,18H,6-12H2,1H3. The van der Waals surface area contributed by atoms with Crippen molar-refractivity contribution in [2.45, 2.75) is 56.9 Å². The lowest BCUT2D eigenvalue weighted by Crippen LogP contribution is -2.50. The van der Waals surface area contributed by atoms with Crippen LogP contribution in [0.3, 0.4) is 0 Å². The minimum atomic E-state index is 0.463. The third kappa shape index (κ3) is 1.72. The van der Waals surface area contributed by atoms with E-state index in [4.69, 9.17) is 0 Å². The summed E-state index contributed by atoms with van der Waals surface area (Å²) in [6.45, 7) is 3.50. The first-order valence-electron chi connectivity index (χ1n) is 7.51. The summed E-state index contributed by atoms with van der Waals surface area (Å²) in [5.41, 5.74) is 4.35. The highest BCUT2D eigenvalue weighted by Gasteiger charge is 2.61. The molecule has 0 aromatic heterocycles. The summed E-state index contributed by atoms with van der Waals surface area (Å²) in [4.78, 5) is 0. The Balaban J connectivity index is 1.60. The Morgan fingerprint density at radius 1 is 1.17 bits per heavy atom. The van der Waals surface area contributed by atoms with Gasteiger partial charge in [0.2, 0.25) is 0 Å².